The van der Waals surface area contributed by atoms with E-state index in [1.165, 1.54) is 0 Å². The van der Waals surface area contributed by atoms with Crippen LogP contribution in [0.2, 0.25) is 0 Å². The summed E-state index contributed by atoms with van der Waals surface area (Å²) in [5, 5.41) is 42.6. The first-order valence-corrected chi connectivity index (χ1v) is 31.7. The number of rotatable bonds is 5. The van der Waals surface area contributed by atoms with Gasteiger partial charge >= 0.3 is 5.97 Å². The molecule has 32 atom stereocenters. The number of hydrogen-bond acceptors (Lipinski definition) is 19. The molecule has 12 bridgehead atoms. The smallest absolute Gasteiger partial charge is 0.308 e. The maximum absolute atomic E-state index is 14.6. The summed E-state index contributed by atoms with van der Waals surface area (Å²) in [4.78, 5) is 14.6. The molecule has 1 aliphatic carbocycles. The van der Waals surface area contributed by atoms with Gasteiger partial charge < -0.3 is 86.7 Å². The van der Waals surface area contributed by atoms with Gasteiger partial charge in [0.1, 0.15) is 24.4 Å². The van der Waals surface area contributed by atoms with Crippen LogP contribution >= 0.6 is 0 Å². The molecule has 15 saturated heterocycles. The second-order valence-electron chi connectivity index (χ2n) is 28.6. The molecule has 16 rings (SSSR count). The summed E-state index contributed by atoms with van der Waals surface area (Å²) in [7, 11) is 0. The Morgan fingerprint density at radius 3 is 2.14 bits per heavy atom. The maximum atomic E-state index is 14.6. The van der Waals surface area contributed by atoms with Crippen molar-refractivity contribution in [2.75, 3.05) is 6.61 Å². The third kappa shape index (κ3) is 9.65. The number of ether oxygens (including phenoxy) is 14. The molecule has 15 heterocycles. The van der Waals surface area contributed by atoms with Gasteiger partial charge in [0.05, 0.1) is 135 Å². The number of fused-ring (bicyclic) bond motifs is 10. The zero-order chi connectivity index (χ0) is 55.6. The van der Waals surface area contributed by atoms with Gasteiger partial charge in [-0.2, -0.15) is 0 Å². The molecular weight excluding hydrogens is 1050 g/mol. The first-order chi connectivity index (χ1) is 38.8. The number of carbonyl (C=O) groups excluding carboxylic acids is 1. The van der Waals surface area contributed by atoms with E-state index >= 15 is 0 Å². The van der Waals surface area contributed by atoms with Gasteiger partial charge in [-0.05, 0) is 99.5 Å². The second-order valence-corrected chi connectivity index (χ2v) is 28.6. The molecule has 0 aromatic rings. The van der Waals surface area contributed by atoms with Crippen LogP contribution in [-0.2, 0) is 71.1 Å². The fourth-order valence-electron chi connectivity index (χ4n) is 19.0. The Bertz CT molecular complexity index is 2410. The van der Waals surface area contributed by atoms with Crippen molar-refractivity contribution in [3.63, 3.8) is 0 Å². The van der Waals surface area contributed by atoms with Crippen LogP contribution in [0.5, 0.6) is 0 Å². The lowest BCUT2D eigenvalue weighted by molar-refractivity contribution is -0.354. The number of hydrogen-bond donors (Lipinski definition) is 4. The lowest BCUT2D eigenvalue weighted by Gasteiger charge is -2.51. The van der Waals surface area contributed by atoms with Gasteiger partial charge in [0.15, 0.2) is 11.6 Å². The van der Waals surface area contributed by atoms with Gasteiger partial charge in [0.2, 0.25) is 5.79 Å². The third-order valence-corrected chi connectivity index (χ3v) is 23.0. The van der Waals surface area contributed by atoms with E-state index in [9.17, 15) is 25.2 Å². The Morgan fingerprint density at radius 2 is 1.30 bits per heavy atom. The molecular formula is C62H90O19. The van der Waals surface area contributed by atoms with Crippen molar-refractivity contribution < 1.29 is 91.5 Å². The third-order valence-electron chi connectivity index (χ3n) is 23.0. The van der Waals surface area contributed by atoms with E-state index < -0.39 is 90.1 Å². The predicted molar refractivity (Wildman–Crippen MR) is 283 cm³/mol. The summed E-state index contributed by atoms with van der Waals surface area (Å²) in [5.74, 6) is -3.60. The topological polar surface area (TPSA) is 227 Å². The molecule has 0 aromatic carbocycles. The molecule has 0 aromatic heterocycles. The highest BCUT2D eigenvalue weighted by molar-refractivity contribution is 5.70. The molecule has 19 heteroatoms. The van der Waals surface area contributed by atoms with Crippen LogP contribution in [0, 0.1) is 29.6 Å². The van der Waals surface area contributed by atoms with Crippen molar-refractivity contribution >= 4 is 5.97 Å². The van der Waals surface area contributed by atoms with Crippen LogP contribution in [0.15, 0.2) is 24.3 Å². The molecule has 1 saturated carbocycles. The quantitative estimate of drug-likeness (QED) is 0.202. The van der Waals surface area contributed by atoms with E-state index in [2.05, 4.69) is 40.9 Å². The van der Waals surface area contributed by atoms with Crippen LogP contribution in [0.1, 0.15) is 156 Å². The number of aliphatic hydroxyl groups is 4. The largest absolute Gasteiger partial charge is 0.459 e. The van der Waals surface area contributed by atoms with Crippen molar-refractivity contribution in [2.24, 2.45) is 29.6 Å². The Kier molecular flexibility index (Phi) is 14.3. The summed E-state index contributed by atoms with van der Waals surface area (Å²) >= 11 is 0. The maximum Gasteiger partial charge on any atom is 0.308 e. The molecule has 2 unspecified atom stereocenters. The van der Waals surface area contributed by atoms with Crippen molar-refractivity contribution in [2.45, 2.75) is 319 Å². The summed E-state index contributed by atoms with van der Waals surface area (Å²) in [6, 6.07) is 0. The standard InChI is InChI=1S/C62H90O19/c1-28-15-35-8-11-40-29(2)16-37(68-40)13-14-59-23-38-48(24-59)74-58-57(80-59)56-41(79-62(38,58)67)12-9-36(70-56)17-51(66)75-55-33(6)54-46(71-45(55)18-42(69-35)32(28)5)20-44-49(73-54)25-61(76-44)26-50-53(81-61)31(4)22-60(78-50)21-30(3)52-47(77-60)19-43(72-52)39(65)10-7-34(64)27-63/h28,30-31,33-50,52-58,63-65,67H,2,5,7-27H2,1,3-4,6H3/t28-,30+,31+,33+,34?,35+,36-,37+,38-,39+,40+,41+,42?,43+,44-,45+,46+,47+,48+,49-,50+,52+,53+,54+,55-,56+,57+,58+,59+,60-,61+,62+/m1/s1. The Labute approximate surface area is 475 Å². The molecule has 4 N–H and O–H groups in total. The summed E-state index contributed by atoms with van der Waals surface area (Å²) in [6.07, 6.45) is 3.21. The minimum atomic E-state index is -1.45. The van der Waals surface area contributed by atoms with Gasteiger partial charge in [-0.15, -0.1) is 0 Å². The molecule has 3 spiro atoms. The van der Waals surface area contributed by atoms with Gasteiger partial charge in [-0.25, -0.2) is 0 Å². The number of carbonyl (C=O) groups is 1. The average molecular weight is 1140 g/mol. The normalized spacial score (nSPS) is 57.0. The zero-order valence-electron chi connectivity index (χ0n) is 47.8. The summed E-state index contributed by atoms with van der Waals surface area (Å²) in [6.45, 7) is 17.5. The highest BCUT2D eigenvalue weighted by atomic mass is 16.8. The van der Waals surface area contributed by atoms with Crippen LogP contribution in [0.3, 0.4) is 0 Å². The van der Waals surface area contributed by atoms with Crippen molar-refractivity contribution in [1.82, 2.24) is 0 Å². The Balaban J connectivity index is 0.652. The molecule has 0 radical (unpaired) electrons. The lowest BCUT2D eigenvalue weighted by Crippen LogP contribution is -2.66. The monoisotopic (exact) mass is 1140 g/mol. The molecule has 452 valence electrons. The van der Waals surface area contributed by atoms with Crippen molar-refractivity contribution in [1.29, 1.82) is 0 Å². The first kappa shape index (κ1) is 55.8. The van der Waals surface area contributed by atoms with Gasteiger partial charge in [-0.1, -0.05) is 40.9 Å². The SMILES string of the molecule is C=C1C2C[C@@H]3O[C@H]4C[C@H]5O[C@@]6(C[C@@H]7O[C@]8(C[C@H](C)[C@@H]9O[C@H]([C@@H](O)CCC(O)CO)C[C@@H]9O8)C[C@H](C)[C@@H]7O6)C[C@H]5O[C@H]4[C@H](C)[C@H]3OC(=O)C[C@H]3CC[C@@H]4O[C@@]5(O)[C@@H]6C[C@@]7(CC[C@H]8CC(=C)[C@H](CC[C@@H](C[C@H]1C)O2)O8)C[C@@H]6O[C@H]5[C@@H](O7)[C@H]4O3. The number of esters is 1. The van der Waals surface area contributed by atoms with E-state index in [0.717, 1.165) is 49.7 Å². The molecule has 15 aliphatic heterocycles. The highest BCUT2D eigenvalue weighted by Crippen LogP contribution is 2.62. The van der Waals surface area contributed by atoms with Crippen molar-refractivity contribution in [3.8, 4) is 0 Å². The van der Waals surface area contributed by atoms with Gasteiger partial charge in [-0.3, -0.25) is 4.79 Å². The molecule has 0 amide bonds. The van der Waals surface area contributed by atoms with Crippen LogP contribution < -0.4 is 0 Å². The lowest BCUT2D eigenvalue weighted by atomic mass is 9.79. The minimum absolute atomic E-state index is 0.0236. The van der Waals surface area contributed by atoms with Gasteiger partial charge in [0, 0.05) is 63.2 Å². The fraction of sp³-hybridized carbons (Fsp3) is 0.919. The average Bonchev–Trinajstić information content (AvgIpc) is 2.27. The Hall–Kier alpha value is -1.73. The van der Waals surface area contributed by atoms with Crippen LogP contribution in [0.25, 0.3) is 0 Å². The van der Waals surface area contributed by atoms with Gasteiger partial charge in [0.25, 0.3) is 0 Å². The highest BCUT2D eigenvalue weighted by Gasteiger charge is 2.74. The van der Waals surface area contributed by atoms with Crippen LogP contribution in [0.4, 0.5) is 0 Å². The van der Waals surface area contributed by atoms with E-state index in [1.807, 2.05) is 0 Å². The fourth-order valence-corrected chi connectivity index (χ4v) is 19.0. The van der Waals surface area contributed by atoms with Crippen molar-refractivity contribution in [3.05, 3.63) is 24.3 Å². The molecule has 19 nitrogen and oxygen atoms in total. The zero-order valence-corrected chi connectivity index (χ0v) is 47.8. The first-order valence-electron chi connectivity index (χ1n) is 31.7. The molecule has 81 heavy (non-hydrogen) atoms. The molecule has 16 aliphatic rings. The molecule has 16 fully saturated rings. The number of aliphatic hydroxyl groups excluding tert-OH is 3. The van der Waals surface area contributed by atoms with E-state index in [1.54, 1.807) is 0 Å². The van der Waals surface area contributed by atoms with Crippen LogP contribution in [-0.4, -0.2) is 196 Å². The van der Waals surface area contributed by atoms with E-state index in [0.29, 0.717) is 77.0 Å². The Morgan fingerprint density at radius 1 is 0.556 bits per heavy atom. The van der Waals surface area contributed by atoms with E-state index in [-0.39, 0.29) is 128 Å². The van der Waals surface area contributed by atoms with E-state index in [4.69, 9.17) is 66.3 Å². The minimum Gasteiger partial charge on any atom is -0.459 e. The summed E-state index contributed by atoms with van der Waals surface area (Å²) in [5.41, 5.74) is 1.63. The summed E-state index contributed by atoms with van der Waals surface area (Å²) < 4.78 is 96.9. The predicted octanol–water partition coefficient (Wildman–Crippen LogP) is 5.30. The second kappa shape index (κ2) is 20.7.